The van der Waals surface area contributed by atoms with E-state index in [1.54, 1.807) is 12.1 Å². The number of carbonyl (C=O) groups excluding carboxylic acids is 2. The lowest BCUT2D eigenvalue weighted by Crippen LogP contribution is -2.43. The third-order valence-corrected chi connectivity index (χ3v) is 9.88. The van der Waals surface area contributed by atoms with Gasteiger partial charge in [-0.2, -0.15) is 8.42 Å². The third kappa shape index (κ3) is 5.22. The summed E-state index contributed by atoms with van der Waals surface area (Å²) in [5, 5.41) is 0.284. The summed E-state index contributed by atoms with van der Waals surface area (Å²) in [6.45, 7) is 8.27. The van der Waals surface area contributed by atoms with Crippen molar-refractivity contribution in [2.75, 3.05) is 7.05 Å². The van der Waals surface area contributed by atoms with E-state index in [9.17, 15) is 18.0 Å². The van der Waals surface area contributed by atoms with Gasteiger partial charge in [0.1, 0.15) is 4.90 Å². The van der Waals surface area contributed by atoms with E-state index in [0.29, 0.717) is 47.4 Å². The molecule has 212 valence electrons. The van der Waals surface area contributed by atoms with Crippen molar-refractivity contribution in [3.8, 4) is 5.75 Å². The van der Waals surface area contributed by atoms with E-state index in [4.69, 9.17) is 39.0 Å². The number of benzene rings is 2. The number of rotatable bonds is 4. The molecule has 40 heavy (non-hydrogen) atoms. The van der Waals surface area contributed by atoms with E-state index in [2.05, 4.69) is 27.7 Å². The minimum Gasteiger partial charge on any atom is -0.376 e. The number of Topliss-reactive ketones (excluding diaryl/α,β-unsaturated/α-hetero) is 2. The van der Waals surface area contributed by atoms with Crippen LogP contribution < -0.4 is 4.18 Å². The topological polar surface area (TPSA) is 80.8 Å². The Labute approximate surface area is 250 Å². The molecule has 2 aromatic carbocycles. The molecule has 0 bridgehead atoms. The molecule has 0 radical (unpaired) electrons. The van der Waals surface area contributed by atoms with Crippen molar-refractivity contribution in [2.24, 2.45) is 10.8 Å². The van der Waals surface area contributed by atoms with Gasteiger partial charge in [-0.3, -0.25) is 9.59 Å². The van der Waals surface area contributed by atoms with Gasteiger partial charge >= 0.3 is 10.1 Å². The molecule has 6 nitrogen and oxygen atoms in total. The molecule has 0 saturated carbocycles. The van der Waals surface area contributed by atoms with Crippen LogP contribution in [0.2, 0.25) is 15.1 Å². The van der Waals surface area contributed by atoms with Gasteiger partial charge in [-0.1, -0.05) is 62.5 Å². The van der Waals surface area contributed by atoms with Crippen molar-refractivity contribution in [3.63, 3.8) is 0 Å². The zero-order chi connectivity index (χ0) is 29.4. The molecule has 3 aliphatic rings. The largest absolute Gasteiger partial charge is 0.376 e. The first-order valence-corrected chi connectivity index (χ1v) is 15.5. The normalized spacial score (nSPS) is 20.9. The number of hydrogen-bond acceptors (Lipinski definition) is 6. The summed E-state index contributed by atoms with van der Waals surface area (Å²) < 4.78 is 31.2. The molecular weight excluding hydrogens is 593 g/mol. The summed E-state index contributed by atoms with van der Waals surface area (Å²) in [4.78, 5) is 29.3. The van der Waals surface area contributed by atoms with Crippen LogP contribution >= 0.6 is 34.8 Å². The molecule has 1 aliphatic heterocycles. The lowest BCUT2D eigenvalue weighted by atomic mass is 9.64. The maximum Gasteiger partial charge on any atom is 0.339 e. The monoisotopic (exact) mass is 621 g/mol. The van der Waals surface area contributed by atoms with E-state index in [1.807, 2.05) is 11.9 Å². The minimum absolute atomic E-state index is 0.0230. The van der Waals surface area contributed by atoms with Crippen molar-refractivity contribution >= 4 is 56.5 Å². The molecule has 0 saturated heterocycles. The van der Waals surface area contributed by atoms with Crippen LogP contribution in [0.1, 0.15) is 64.9 Å². The van der Waals surface area contributed by atoms with Crippen molar-refractivity contribution in [1.82, 2.24) is 4.90 Å². The second kappa shape index (κ2) is 9.90. The van der Waals surface area contributed by atoms with Crippen LogP contribution in [-0.2, 0) is 19.7 Å². The Bertz CT molecular complexity index is 1540. The number of nitrogens with zero attached hydrogens (tertiary/aromatic N) is 1. The minimum atomic E-state index is -4.26. The van der Waals surface area contributed by atoms with Crippen LogP contribution in [0, 0.1) is 10.8 Å². The van der Waals surface area contributed by atoms with Crippen molar-refractivity contribution in [1.29, 1.82) is 0 Å². The molecule has 5 rings (SSSR count). The number of ketones is 2. The second-order valence-electron chi connectivity index (χ2n) is 12.4. The Balaban J connectivity index is 1.64. The van der Waals surface area contributed by atoms with Crippen molar-refractivity contribution in [3.05, 3.63) is 79.6 Å². The predicted octanol–water partition coefficient (Wildman–Crippen LogP) is 7.73. The average molecular weight is 623 g/mol. The quantitative estimate of drug-likeness (QED) is 0.325. The van der Waals surface area contributed by atoms with Crippen LogP contribution in [0.15, 0.2) is 63.8 Å². The number of allylic oxidation sites excluding steroid dienone is 4. The lowest BCUT2D eigenvalue weighted by Gasteiger charge is -2.48. The number of carbonyl (C=O) groups is 2. The number of halogens is 3. The molecular formula is C30H30Cl3NO5S. The summed E-state index contributed by atoms with van der Waals surface area (Å²) in [5.41, 5.74) is 3.02. The molecule has 0 amide bonds. The highest BCUT2D eigenvalue weighted by Crippen LogP contribution is 2.54. The van der Waals surface area contributed by atoms with E-state index in [-0.39, 0.29) is 43.1 Å². The average Bonchev–Trinajstić information content (AvgIpc) is 2.81. The van der Waals surface area contributed by atoms with Gasteiger partial charge in [-0.25, -0.2) is 0 Å². The van der Waals surface area contributed by atoms with Gasteiger partial charge in [0.05, 0.1) is 10.0 Å². The Morgan fingerprint density at radius 1 is 0.800 bits per heavy atom. The van der Waals surface area contributed by atoms with E-state index in [0.717, 1.165) is 11.4 Å². The fourth-order valence-corrected chi connectivity index (χ4v) is 7.85. The van der Waals surface area contributed by atoms with Gasteiger partial charge in [0.15, 0.2) is 17.3 Å². The summed E-state index contributed by atoms with van der Waals surface area (Å²) in [6, 6.07) is 8.61. The van der Waals surface area contributed by atoms with Crippen LogP contribution in [0.5, 0.6) is 5.75 Å². The third-order valence-electron chi connectivity index (χ3n) is 7.83. The Morgan fingerprint density at radius 2 is 1.25 bits per heavy atom. The van der Waals surface area contributed by atoms with Gasteiger partial charge in [0.25, 0.3) is 0 Å². The molecule has 1 heterocycles. The van der Waals surface area contributed by atoms with Gasteiger partial charge < -0.3 is 9.08 Å². The fourth-order valence-electron chi connectivity index (χ4n) is 6.08. The summed E-state index contributed by atoms with van der Waals surface area (Å²) in [7, 11) is -2.33. The maximum absolute atomic E-state index is 13.7. The molecule has 10 heteroatoms. The highest BCUT2D eigenvalue weighted by Gasteiger charge is 2.48. The first-order valence-electron chi connectivity index (χ1n) is 12.9. The van der Waals surface area contributed by atoms with Crippen LogP contribution in [0.4, 0.5) is 0 Å². The van der Waals surface area contributed by atoms with Gasteiger partial charge in [0, 0.05) is 53.4 Å². The Morgan fingerprint density at radius 3 is 1.70 bits per heavy atom. The molecule has 2 aliphatic carbocycles. The first-order chi connectivity index (χ1) is 18.5. The summed E-state index contributed by atoms with van der Waals surface area (Å²) >= 11 is 19.1. The number of hydrogen-bond donors (Lipinski definition) is 0. The second-order valence-corrected chi connectivity index (χ2v) is 15.2. The maximum atomic E-state index is 13.7. The zero-order valence-electron chi connectivity index (χ0n) is 22.9. The smallest absolute Gasteiger partial charge is 0.339 e. The van der Waals surface area contributed by atoms with E-state index >= 15 is 0 Å². The van der Waals surface area contributed by atoms with Gasteiger partial charge in [0.2, 0.25) is 0 Å². The van der Waals surface area contributed by atoms with Crippen LogP contribution in [0.25, 0.3) is 0 Å². The van der Waals surface area contributed by atoms with Gasteiger partial charge in [-0.15, -0.1) is 0 Å². The van der Waals surface area contributed by atoms with E-state index in [1.165, 1.54) is 24.3 Å². The molecule has 2 aromatic rings. The van der Waals surface area contributed by atoms with Crippen LogP contribution in [0.3, 0.4) is 0 Å². The predicted molar refractivity (Wildman–Crippen MR) is 156 cm³/mol. The molecule has 0 atom stereocenters. The Hall–Kier alpha value is -2.32. The molecule has 0 aromatic heterocycles. The Kier molecular flexibility index (Phi) is 7.22. The highest BCUT2D eigenvalue weighted by atomic mass is 35.5. The van der Waals surface area contributed by atoms with Gasteiger partial charge in [-0.05, 0) is 65.6 Å². The van der Waals surface area contributed by atoms with Crippen LogP contribution in [-0.4, -0.2) is 31.9 Å². The van der Waals surface area contributed by atoms with E-state index < -0.39 is 16.0 Å². The lowest BCUT2D eigenvalue weighted by molar-refractivity contribution is -0.119. The molecule has 0 unspecified atom stereocenters. The standard InChI is InChI=1S/C30H30Cl3NO5S/c1-29(2)12-21-26(23(35)14-29)25(27-22(34(21)5)13-30(3,4)15-24(27)36)16-10-19(32)28(20(33)11-16)39-40(37,38)18-8-6-17(31)7-9-18/h6-11,25H,12-15H2,1-5H3. The summed E-state index contributed by atoms with van der Waals surface area (Å²) in [6.07, 6.45) is 2.05. The molecule has 0 fully saturated rings. The highest BCUT2D eigenvalue weighted by molar-refractivity contribution is 7.87. The summed E-state index contributed by atoms with van der Waals surface area (Å²) in [5.74, 6) is -0.939. The van der Waals surface area contributed by atoms with Crippen molar-refractivity contribution in [2.45, 2.75) is 64.2 Å². The molecule has 0 N–H and O–H groups in total. The SMILES string of the molecule is CN1C2=C(C(=O)CC(C)(C)C2)C(c2cc(Cl)c(OS(=O)(=O)c3ccc(Cl)cc3)c(Cl)c2)C2=C1CC(C)(C)CC2=O. The fraction of sp³-hybridized carbons (Fsp3) is 0.400. The zero-order valence-corrected chi connectivity index (χ0v) is 26.0. The first kappa shape index (κ1) is 29.2. The van der Waals surface area contributed by atoms with Crippen molar-refractivity contribution < 1.29 is 22.2 Å². The molecule has 0 spiro atoms.